The molecule has 2 aliphatic rings. The molecule has 0 spiro atoms. The third kappa shape index (κ3) is 4.11. The highest BCUT2D eigenvalue weighted by molar-refractivity contribution is 5.86. The number of benzene rings is 4. The normalized spacial score (nSPS) is 12.8. The van der Waals surface area contributed by atoms with Crippen LogP contribution in [-0.4, -0.2) is 0 Å². The Balaban J connectivity index is 1.33. The summed E-state index contributed by atoms with van der Waals surface area (Å²) in [6, 6.07) is 27.6. The van der Waals surface area contributed by atoms with Gasteiger partial charge in [-0.25, -0.2) is 0 Å². The number of rotatable bonds is 9. The Hall–Kier alpha value is -3.12. The molecule has 0 N–H and O–H groups in total. The van der Waals surface area contributed by atoms with Crippen molar-refractivity contribution in [3.05, 3.63) is 130 Å². The van der Waals surface area contributed by atoms with Gasteiger partial charge in [-0.3, -0.25) is 0 Å². The third-order valence-electron chi connectivity index (χ3n) is 8.17. The lowest BCUT2D eigenvalue weighted by Gasteiger charge is -2.16. The lowest BCUT2D eigenvalue weighted by atomic mass is 9.88. The maximum Gasteiger partial charge on any atom is 0.0214 e. The van der Waals surface area contributed by atoms with Crippen LogP contribution < -0.4 is 0 Å². The summed E-state index contributed by atoms with van der Waals surface area (Å²) in [5.74, 6) is 0. The molecule has 2 aliphatic carbocycles. The van der Waals surface area contributed by atoms with Gasteiger partial charge in [0, 0.05) is 12.8 Å². The molecule has 0 aromatic heterocycles. The first-order valence-corrected chi connectivity index (χ1v) is 14.0. The van der Waals surface area contributed by atoms with Crippen molar-refractivity contribution in [1.29, 1.82) is 0 Å². The van der Waals surface area contributed by atoms with E-state index >= 15 is 0 Å². The highest BCUT2D eigenvalue weighted by Gasteiger charge is 2.26. The molecule has 4 aromatic carbocycles. The van der Waals surface area contributed by atoms with Crippen molar-refractivity contribution in [1.82, 2.24) is 0 Å². The van der Waals surface area contributed by atoms with Gasteiger partial charge in [0.25, 0.3) is 0 Å². The molecule has 0 saturated heterocycles. The largest absolute Gasteiger partial charge is 0.0654 e. The van der Waals surface area contributed by atoms with Crippen LogP contribution in [0.5, 0.6) is 0 Å². The van der Waals surface area contributed by atoms with Gasteiger partial charge in [0.2, 0.25) is 0 Å². The molecule has 36 heavy (non-hydrogen) atoms. The average molecular weight is 469 g/mol. The van der Waals surface area contributed by atoms with Gasteiger partial charge in [0.05, 0.1) is 0 Å². The summed E-state index contributed by atoms with van der Waals surface area (Å²) >= 11 is 0. The molecule has 2 radical (unpaired) electrons. The second kappa shape index (κ2) is 10.1. The molecular weight excluding hydrogens is 432 g/mol. The van der Waals surface area contributed by atoms with E-state index in [4.69, 9.17) is 0 Å². The van der Waals surface area contributed by atoms with E-state index in [1.807, 2.05) is 0 Å². The van der Waals surface area contributed by atoms with E-state index in [0.29, 0.717) is 0 Å². The molecule has 4 aromatic rings. The molecule has 0 aliphatic heterocycles. The van der Waals surface area contributed by atoms with E-state index in [-0.39, 0.29) is 0 Å². The molecule has 0 nitrogen and oxygen atoms in total. The maximum atomic E-state index is 2.44. The molecule has 0 unspecified atom stereocenters. The molecule has 0 atom stereocenters. The Morgan fingerprint density at radius 1 is 0.444 bits per heavy atom. The molecule has 0 fully saturated rings. The second-order valence-electron chi connectivity index (χ2n) is 10.5. The van der Waals surface area contributed by atoms with E-state index in [0.717, 1.165) is 12.8 Å². The van der Waals surface area contributed by atoms with E-state index < -0.39 is 0 Å². The van der Waals surface area contributed by atoms with Crippen LogP contribution in [0.4, 0.5) is 0 Å². The van der Waals surface area contributed by atoms with Crippen LogP contribution in [0.2, 0.25) is 0 Å². The van der Waals surface area contributed by atoms with Gasteiger partial charge < -0.3 is 0 Å². The highest BCUT2D eigenvalue weighted by atomic mass is 14.3. The van der Waals surface area contributed by atoms with Crippen LogP contribution in [-0.2, 0) is 25.7 Å². The lowest BCUT2D eigenvalue weighted by Crippen LogP contribution is -2.02. The molecule has 6 rings (SSSR count). The van der Waals surface area contributed by atoms with Gasteiger partial charge in [-0.1, -0.05) is 99.5 Å². The fraction of sp³-hybridized carbons (Fsp3) is 0.278. The van der Waals surface area contributed by atoms with E-state index in [1.165, 1.54) is 105 Å². The van der Waals surface area contributed by atoms with Crippen molar-refractivity contribution < 1.29 is 0 Å². The van der Waals surface area contributed by atoms with Crippen LogP contribution in [0, 0.1) is 12.8 Å². The summed E-state index contributed by atoms with van der Waals surface area (Å²) < 4.78 is 0. The Morgan fingerprint density at radius 2 is 0.861 bits per heavy atom. The average Bonchev–Trinajstić information content (AvgIpc) is 3.50. The van der Waals surface area contributed by atoms with Crippen molar-refractivity contribution in [3.63, 3.8) is 0 Å². The molecular formula is C36H36. The molecule has 0 saturated carbocycles. The lowest BCUT2D eigenvalue weighted by molar-refractivity contribution is 0.794. The number of fused-ring (bicyclic) bond motifs is 6. The summed E-state index contributed by atoms with van der Waals surface area (Å²) in [5.41, 5.74) is 17.5. The van der Waals surface area contributed by atoms with Gasteiger partial charge >= 0.3 is 0 Å². The van der Waals surface area contributed by atoms with Gasteiger partial charge in [-0.05, 0) is 105 Å². The fourth-order valence-corrected chi connectivity index (χ4v) is 6.25. The summed E-state index contributed by atoms with van der Waals surface area (Å²) in [6.45, 7) is 4.58. The number of hydrogen-bond acceptors (Lipinski definition) is 0. The van der Waals surface area contributed by atoms with Gasteiger partial charge in [0.15, 0.2) is 0 Å². The molecule has 0 heterocycles. The zero-order valence-electron chi connectivity index (χ0n) is 21.7. The van der Waals surface area contributed by atoms with Crippen LogP contribution in [0.15, 0.2) is 72.8 Å². The van der Waals surface area contributed by atoms with Crippen molar-refractivity contribution in [2.75, 3.05) is 0 Å². The standard InChI is InChI=1S/C36H36/c1-3-5-11-27-21-19-25(33-23-29-13-7-9-15-31(29)35(27)33)17-18-26-20-22-28(12-6-4-2)36-32-16-10-8-14-30(32)24-34(26)36/h7-10,13-16,19-24H,3-6,11-12,17-18H2,1-2H3. The minimum Gasteiger partial charge on any atom is -0.0654 e. The minimum absolute atomic E-state index is 1.08. The first-order valence-electron chi connectivity index (χ1n) is 14.0. The minimum atomic E-state index is 1.08. The molecule has 0 amide bonds. The monoisotopic (exact) mass is 468 g/mol. The Labute approximate surface area is 217 Å². The van der Waals surface area contributed by atoms with Crippen LogP contribution in [0.1, 0.15) is 84.0 Å². The zero-order valence-corrected chi connectivity index (χ0v) is 21.7. The van der Waals surface area contributed by atoms with Gasteiger partial charge in [0.1, 0.15) is 0 Å². The van der Waals surface area contributed by atoms with Crippen molar-refractivity contribution in [3.8, 4) is 22.3 Å². The molecule has 0 heteroatoms. The summed E-state index contributed by atoms with van der Waals surface area (Å²) in [7, 11) is 0. The second-order valence-corrected chi connectivity index (χ2v) is 10.5. The first kappa shape index (κ1) is 23.3. The first-order chi connectivity index (χ1) is 17.8. The van der Waals surface area contributed by atoms with E-state index in [2.05, 4.69) is 99.5 Å². The zero-order chi connectivity index (χ0) is 24.5. The van der Waals surface area contributed by atoms with E-state index in [9.17, 15) is 0 Å². The smallest absolute Gasteiger partial charge is 0.0214 e. The Morgan fingerprint density at radius 3 is 1.31 bits per heavy atom. The SMILES string of the molecule is CCCCc1ccc(CCc2ccc(CCCC)c3c2[CH]c2ccccc2-3)c2c1-c1ccccc1[CH]2. The predicted molar refractivity (Wildman–Crippen MR) is 153 cm³/mol. The Bertz CT molecular complexity index is 1290. The van der Waals surface area contributed by atoms with Gasteiger partial charge in [-0.15, -0.1) is 0 Å². The number of hydrogen-bond donors (Lipinski definition) is 0. The van der Waals surface area contributed by atoms with Gasteiger partial charge in [-0.2, -0.15) is 0 Å². The van der Waals surface area contributed by atoms with E-state index in [1.54, 1.807) is 0 Å². The summed E-state index contributed by atoms with van der Waals surface area (Å²) in [6.07, 6.45) is 14.3. The summed E-state index contributed by atoms with van der Waals surface area (Å²) in [4.78, 5) is 0. The van der Waals surface area contributed by atoms with Crippen LogP contribution in [0.3, 0.4) is 0 Å². The maximum absolute atomic E-state index is 2.44. The van der Waals surface area contributed by atoms with Crippen molar-refractivity contribution in [2.45, 2.75) is 65.2 Å². The third-order valence-corrected chi connectivity index (χ3v) is 8.17. The Kier molecular flexibility index (Phi) is 6.53. The number of unbranched alkanes of at least 4 members (excludes halogenated alkanes) is 2. The van der Waals surface area contributed by atoms with Crippen molar-refractivity contribution >= 4 is 0 Å². The van der Waals surface area contributed by atoms with Crippen LogP contribution >= 0.6 is 0 Å². The predicted octanol–water partition coefficient (Wildman–Crippen LogP) is 9.32. The fourth-order valence-electron chi connectivity index (χ4n) is 6.25. The molecule has 180 valence electrons. The van der Waals surface area contributed by atoms with Crippen molar-refractivity contribution in [2.24, 2.45) is 0 Å². The highest BCUT2D eigenvalue weighted by Crippen LogP contribution is 2.44. The quantitative estimate of drug-likeness (QED) is 0.198. The molecule has 0 bridgehead atoms. The number of aryl methyl sites for hydroxylation is 4. The summed E-state index contributed by atoms with van der Waals surface area (Å²) in [5, 5.41) is 0. The van der Waals surface area contributed by atoms with Crippen LogP contribution in [0.25, 0.3) is 22.3 Å². The topological polar surface area (TPSA) is 0 Å².